The number of para-hydroxylation sites is 2. The summed E-state index contributed by atoms with van der Waals surface area (Å²) in [6, 6.07) is 10.6. The molecule has 0 saturated heterocycles. The summed E-state index contributed by atoms with van der Waals surface area (Å²) in [6.07, 6.45) is 0. The highest BCUT2D eigenvalue weighted by Crippen LogP contribution is 2.33. The van der Waals surface area contributed by atoms with Crippen molar-refractivity contribution in [2.45, 2.75) is 0 Å². The number of ether oxygens (including phenoxy) is 1. The molecule has 0 aliphatic carbocycles. The fraction of sp³-hybridized carbons (Fsp3) is 0.200. The molecule has 0 spiro atoms. The lowest BCUT2D eigenvalue weighted by Crippen LogP contribution is -2.11. The molecule has 0 amide bonds. The van der Waals surface area contributed by atoms with E-state index in [9.17, 15) is 4.39 Å². The molecule has 3 N–H and O–H groups in total. The maximum Gasteiger partial charge on any atom is 0.167 e. The smallest absolute Gasteiger partial charge is 0.167 e. The van der Waals surface area contributed by atoms with Crippen LogP contribution in [0.4, 0.5) is 27.1 Å². The second-order valence-electron chi connectivity index (χ2n) is 4.61. The largest absolute Gasteiger partial charge is 0.494 e. The van der Waals surface area contributed by atoms with Crippen molar-refractivity contribution in [2.75, 3.05) is 37.2 Å². The van der Waals surface area contributed by atoms with E-state index in [-0.39, 0.29) is 5.75 Å². The summed E-state index contributed by atoms with van der Waals surface area (Å²) in [7, 11) is 5.33. The minimum Gasteiger partial charge on any atom is -0.494 e. The van der Waals surface area contributed by atoms with Crippen LogP contribution >= 0.6 is 0 Å². The van der Waals surface area contributed by atoms with Gasteiger partial charge in [0.1, 0.15) is 0 Å². The van der Waals surface area contributed by atoms with Gasteiger partial charge in [0.25, 0.3) is 0 Å². The molecule has 0 atom stereocenters. The highest BCUT2D eigenvalue weighted by molar-refractivity contribution is 5.80. The van der Waals surface area contributed by atoms with Crippen molar-refractivity contribution in [3.05, 3.63) is 42.2 Å². The quantitative estimate of drug-likeness (QED) is 0.841. The summed E-state index contributed by atoms with van der Waals surface area (Å²) in [4.78, 5) is 1.99. The molecule has 0 unspecified atom stereocenters. The van der Waals surface area contributed by atoms with Gasteiger partial charge in [-0.05, 0) is 12.1 Å². The maximum absolute atomic E-state index is 13.5. The van der Waals surface area contributed by atoms with Crippen molar-refractivity contribution in [3.63, 3.8) is 0 Å². The van der Waals surface area contributed by atoms with E-state index in [1.54, 1.807) is 6.07 Å². The van der Waals surface area contributed by atoms with Gasteiger partial charge in [-0.3, -0.25) is 0 Å². The molecular weight excluding hydrogens is 257 g/mol. The van der Waals surface area contributed by atoms with Crippen LogP contribution in [0.1, 0.15) is 0 Å². The van der Waals surface area contributed by atoms with E-state index in [1.165, 1.54) is 13.2 Å². The van der Waals surface area contributed by atoms with E-state index in [0.717, 1.165) is 11.4 Å². The van der Waals surface area contributed by atoms with Crippen LogP contribution in [0.5, 0.6) is 5.75 Å². The third kappa shape index (κ3) is 2.77. The number of hydrogen-bond acceptors (Lipinski definition) is 4. The first-order valence-corrected chi connectivity index (χ1v) is 6.19. The van der Waals surface area contributed by atoms with Crippen molar-refractivity contribution in [2.24, 2.45) is 0 Å². The molecule has 0 fully saturated rings. The van der Waals surface area contributed by atoms with Gasteiger partial charge in [0.05, 0.1) is 29.9 Å². The first-order chi connectivity index (χ1) is 9.52. The van der Waals surface area contributed by atoms with E-state index in [1.807, 2.05) is 43.3 Å². The minimum absolute atomic E-state index is 0.157. The molecule has 20 heavy (non-hydrogen) atoms. The number of nitrogens with zero attached hydrogens (tertiary/aromatic N) is 1. The highest BCUT2D eigenvalue weighted by Gasteiger charge is 2.10. The standard InChI is InChI=1S/C15H18FN3O/c1-19(2)14-7-5-4-6-12(14)18-13-9-15(20-3)10(16)8-11(13)17/h4-9,18H,17H2,1-3H3. The minimum atomic E-state index is -0.476. The van der Waals surface area contributed by atoms with Crippen LogP contribution in [0.15, 0.2) is 36.4 Å². The molecule has 2 aromatic rings. The molecule has 5 heteroatoms. The number of nitrogens with one attached hydrogen (secondary N) is 1. The van der Waals surface area contributed by atoms with Gasteiger partial charge in [-0.25, -0.2) is 4.39 Å². The zero-order chi connectivity index (χ0) is 14.7. The van der Waals surface area contributed by atoms with Gasteiger partial charge in [-0.1, -0.05) is 12.1 Å². The third-order valence-electron chi connectivity index (χ3n) is 2.98. The van der Waals surface area contributed by atoms with Gasteiger partial charge in [0.2, 0.25) is 0 Å². The average molecular weight is 275 g/mol. The summed E-state index contributed by atoms with van der Waals surface area (Å²) in [5.74, 6) is -0.319. The fourth-order valence-corrected chi connectivity index (χ4v) is 1.95. The molecule has 0 aliphatic rings. The number of hydrogen-bond donors (Lipinski definition) is 2. The van der Waals surface area contributed by atoms with Crippen LogP contribution in [-0.2, 0) is 0 Å². The summed E-state index contributed by atoms with van der Waals surface area (Å²) in [5.41, 5.74) is 8.68. The van der Waals surface area contributed by atoms with Crippen molar-refractivity contribution in [1.82, 2.24) is 0 Å². The first-order valence-electron chi connectivity index (χ1n) is 6.19. The second kappa shape index (κ2) is 5.69. The number of nitrogen functional groups attached to an aromatic ring is 1. The van der Waals surface area contributed by atoms with E-state index >= 15 is 0 Å². The Hall–Kier alpha value is -2.43. The van der Waals surface area contributed by atoms with Gasteiger partial charge in [-0.2, -0.15) is 0 Å². The van der Waals surface area contributed by atoms with Gasteiger partial charge in [-0.15, -0.1) is 0 Å². The van der Waals surface area contributed by atoms with Gasteiger partial charge < -0.3 is 20.7 Å². The lowest BCUT2D eigenvalue weighted by molar-refractivity contribution is 0.387. The molecule has 0 aliphatic heterocycles. The topological polar surface area (TPSA) is 50.5 Å². The predicted molar refractivity (Wildman–Crippen MR) is 81.4 cm³/mol. The van der Waals surface area contributed by atoms with E-state index in [0.29, 0.717) is 11.4 Å². The first kappa shape index (κ1) is 14.0. The summed E-state index contributed by atoms with van der Waals surface area (Å²) in [6.45, 7) is 0. The Morgan fingerprint density at radius 1 is 1.15 bits per heavy atom. The van der Waals surface area contributed by atoms with Crippen molar-refractivity contribution >= 4 is 22.7 Å². The third-order valence-corrected chi connectivity index (χ3v) is 2.98. The Kier molecular flexibility index (Phi) is 3.98. The molecule has 2 aromatic carbocycles. The van der Waals surface area contributed by atoms with Gasteiger partial charge in [0.15, 0.2) is 11.6 Å². The Morgan fingerprint density at radius 3 is 2.50 bits per heavy atom. The lowest BCUT2D eigenvalue weighted by Gasteiger charge is -2.19. The predicted octanol–water partition coefficient (Wildman–Crippen LogP) is 3.23. The average Bonchev–Trinajstić information content (AvgIpc) is 2.42. The summed E-state index contributed by atoms with van der Waals surface area (Å²) >= 11 is 0. The van der Waals surface area contributed by atoms with Crippen LogP contribution in [0.3, 0.4) is 0 Å². The Labute approximate surface area is 118 Å². The fourth-order valence-electron chi connectivity index (χ4n) is 1.95. The molecular formula is C15H18FN3O. The SMILES string of the molecule is COc1cc(Nc2ccccc2N(C)C)c(N)cc1F. The highest BCUT2D eigenvalue weighted by atomic mass is 19.1. The van der Waals surface area contributed by atoms with Crippen molar-refractivity contribution in [1.29, 1.82) is 0 Å². The van der Waals surface area contributed by atoms with E-state index < -0.39 is 5.82 Å². The summed E-state index contributed by atoms with van der Waals surface area (Å²) in [5, 5.41) is 3.21. The Bertz CT molecular complexity index is 614. The number of halogens is 1. The molecule has 0 aromatic heterocycles. The zero-order valence-electron chi connectivity index (χ0n) is 11.8. The Balaban J connectivity index is 2.40. The molecule has 0 radical (unpaired) electrons. The number of rotatable bonds is 4. The van der Waals surface area contributed by atoms with E-state index in [2.05, 4.69) is 5.32 Å². The van der Waals surface area contributed by atoms with Gasteiger partial charge >= 0.3 is 0 Å². The molecule has 0 bridgehead atoms. The van der Waals surface area contributed by atoms with Crippen LogP contribution in [-0.4, -0.2) is 21.2 Å². The number of benzene rings is 2. The lowest BCUT2D eigenvalue weighted by atomic mass is 10.2. The zero-order valence-corrected chi connectivity index (χ0v) is 11.8. The number of methoxy groups -OCH3 is 1. The normalized spacial score (nSPS) is 10.2. The maximum atomic E-state index is 13.5. The summed E-state index contributed by atoms with van der Waals surface area (Å²) < 4.78 is 18.5. The van der Waals surface area contributed by atoms with Crippen molar-refractivity contribution in [3.8, 4) is 5.75 Å². The van der Waals surface area contributed by atoms with Crippen LogP contribution in [0.2, 0.25) is 0 Å². The molecule has 2 rings (SSSR count). The number of anilines is 4. The molecule has 0 heterocycles. The second-order valence-corrected chi connectivity index (χ2v) is 4.61. The van der Waals surface area contributed by atoms with Crippen LogP contribution in [0.25, 0.3) is 0 Å². The molecule has 4 nitrogen and oxygen atoms in total. The van der Waals surface area contributed by atoms with Crippen LogP contribution < -0.4 is 20.7 Å². The molecule has 0 saturated carbocycles. The number of nitrogens with two attached hydrogens (primary N) is 1. The Morgan fingerprint density at radius 2 is 1.85 bits per heavy atom. The van der Waals surface area contributed by atoms with Gasteiger partial charge in [0, 0.05) is 26.2 Å². The molecule has 106 valence electrons. The van der Waals surface area contributed by atoms with E-state index in [4.69, 9.17) is 10.5 Å². The van der Waals surface area contributed by atoms with Crippen LogP contribution in [0, 0.1) is 5.82 Å². The monoisotopic (exact) mass is 275 g/mol. The van der Waals surface area contributed by atoms with Crippen molar-refractivity contribution < 1.29 is 9.13 Å².